The van der Waals surface area contributed by atoms with Crippen molar-refractivity contribution in [2.75, 3.05) is 0 Å². The normalized spacial score (nSPS) is 22.4. The van der Waals surface area contributed by atoms with Crippen LogP contribution in [0.4, 0.5) is 0 Å². The molecule has 1 fully saturated rings. The van der Waals surface area contributed by atoms with Gasteiger partial charge in [-0.1, -0.05) is 44.0 Å². The number of nitriles is 1. The van der Waals surface area contributed by atoms with Crippen molar-refractivity contribution >= 4 is 12.0 Å². The lowest BCUT2D eigenvalue weighted by atomic mass is 9.86. The molecular weight excluding hydrogens is 260 g/mol. The molecule has 0 aliphatic heterocycles. The third-order valence-corrected chi connectivity index (χ3v) is 4.28. The lowest BCUT2D eigenvalue weighted by Crippen LogP contribution is -2.41. The van der Waals surface area contributed by atoms with Crippen molar-refractivity contribution in [3.63, 3.8) is 0 Å². The highest BCUT2D eigenvalue weighted by Gasteiger charge is 2.24. The van der Waals surface area contributed by atoms with Gasteiger partial charge in [-0.05, 0) is 42.9 Å². The SMILES string of the molecule is Cc1ccccc1/C=C(\C#N)C(=O)N[C@@H]1CCCC[C@@H]1C. The lowest BCUT2D eigenvalue weighted by molar-refractivity contribution is -0.118. The van der Waals surface area contributed by atoms with Gasteiger partial charge >= 0.3 is 0 Å². The van der Waals surface area contributed by atoms with Crippen LogP contribution in [-0.4, -0.2) is 11.9 Å². The maximum Gasteiger partial charge on any atom is 0.262 e. The Balaban J connectivity index is 2.12. The molecule has 0 saturated heterocycles. The minimum atomic E-state index is -0.250. The Morgan fingerprint density at radius 3 is 2.71 bits per heavy atom. The van der Waals surface area contributed by atoms with Gasteiger partial charge in [0.05, 0.1) is 0 Å². The van der Waals surface area contributed by atoms with Crippen LogP contribution in [0.1, 0.15) is 43.7 Å². The molecule has 0 radical (unpaired) electrons. The highest BCUT2D eigenvalue weighted by molar-refractivity contribution is 6.02. The number of carbonyl (C=O) groups is 1. The summed E-state index contributed by atoms with van der Waals surface area (Å²) in [5.41, 5.74) is 2.16. The van der Waals surface area contributed by atoms with Gasteiger partial charge in [0.15, 0.2) is 0 Å². The van der Waals surface area contributed by atoms with Crippen LogP contribution in [0.25, 0.3) is 6.08 Å². The highest BCUT2D eigenvalue weighted by atomic mass is 16.1. The molecule has 0 heterocycles. The lowest BCUT2D eigenvalue weighted by Gasteiger charge is -2.29. The zero-order valence-electron chi connectivity index (χ0n) is 12.7. The molecule has 3 heteroatoms. The number of carbonyl (C=O) groups excluding carboxylic acids is 1. The van der Waals surface area contributed by atoms with Crippen LogP contribution in [-0.2, 0) is 4.79 Å². The molecule has 1 amide bonds. The van der Waals surface area contributed by atoms with Gasteiger partial charge in [0.25, 0.3) is 5.91 Å². The van der Waals surface area contributed by atoms with E-state index < -0.39 is 0 Å². The van der Waals surface area contributed by atoms with Crippen molar-refractivity contribution < 1.29 is 4.79 Å². The van der Waals surface area contributed by atoms with Gasteiger partial charge < -0.3 is 5.32 Å². The highest BCUT2D eigenvalue weighted by Crippen LogP contribution is 2.24. The first-order chi connectivity index (χ1) is 10.1. The number of hydrogen-bond acceptors (Lipinski definition) is 2. The fourth-order valence-corrected chi connectivity index (χ4v) is 2.83. The van der Waals surface area contributed by atoms with Gasteiger partial charge in [-0.3, -0.25) is 4.79 Å². The van der Waals surface area contributed by atoms with Crippen molar-refractivity contribution in [1.82, 2.24) is 5.32 Å². The van der Waals surface area contributed by atoms with E-state index in [1.807, 2.05) is 37.3 Å². The third-order valence-electron chi connectivity index (χ3n) is 4.28. The van der Waals surface area contributed by atoms with E-state index in [2.05, 4.69) is 12.2 Å². The van der Waals surface area contributed by atoms with E-state index in [9.17, 15) is 10.1 Å². The standard InChI is InChI=1S/C18H22N2O/c1-13-7-3-5-9-15(13)11-16(12-19)18(21)20-17-10-6-4-8-14(17)2/h3,5,7,9,11,14,17H,4,6,8,10H2,1-2H3,(H,20,21)/b16-11+/t14-,17+/m0/s1. The molecule has 0 spiro atoms. The van der Waals surface area contributed by atoms with E-state index in [1.54, 1.807) is 6.08 Å². The van der Waals surface area contributed by atoms with Crippen molar-refractivity contribution in [3.8, 4) is 6.07 Å². The monoisotopic (exact) mass is 282 g/mol. The molecule has 0 bridgehead atoms. The third kappa shape index (κ3) is 3.95. The Kier molecular flexibility index (Phi) is 5.16. The number of amides is 1. The fourth-order valence-electron chi connectivity index (χ4n) is 2.83. The van der Waals surface area contributed by atoms with Gasteiger partial charge in [0.1, 0.15) is 11.6 Å². The summed E-state index contributed by atoms with van der Waals surface area (Å²) in [4.78, 5) is 12.3. The second-order valence-electron chi connectivity index (χ2n) is 5.87. The molecule has 1 N–H and O–H groups in total. The minimum absolute atomic E-state index is 0.182. The van der Waals surface area contributed by atoms with Crippen molar-refractivity contribution in [2.45, 2.75) is 45.6 Å². The molecule has 1 aromatic carbocycles. The van der Waals surface area contributed by atoms with Gasteiger partial charge in [-0.2, -0.15) is 5.26 Å². The summed E-state index contributed by atoms with van der Waals surface area (Å²) in [5, 5.41) is 12.3. The molecule has 2 atom stereocenters. The summed E-state index contributed by atoms with van der Waals surface area (Å²) in [6.45, 7) is 4.14. The topological polar surface area (TPSA) is 52.9 Å². The Labute approximate surface area is 126 Å². The Bertz CT molecular complexity index is 583. The first kappa shape index (κ1) is 15.3. The molecule has 2 rings (SSSR count). The quantitative estimate of drug-likeness (QED) is 0.680. The zero-order valence-corrected chi connectivity index (χ0v) is 12.7. The van der Waals surface area contributed by atoms with Crippen LogP contribution in [0.5, 0.6) is 0 Å². The molecule has 0 unspecified atom stereocenters. The van der Waals surface area contributed by atoms with Crippen LogP contribution in [0.2, 0.25) is 0 Å². The van der Waals surface area contributed by atoms with Crippen molar-refractivity contribution in [1.29, 1.82) is 5.26 Å². The van der Waals surface area contributed by atoms with Crippen LogP contribution in [0, 0.1) is 24.2 Å². The summed E-state index contributed by atoms with van der Waals surface area (Å²) in [5.74, 6) is 0.237. The molecule has 1 aliphatic carbocycles. The molecular formula is C18H22N2O. The number of aryl methyl sites for hydroxylation is 1. The summed E-state index contributed by atoms with van der Waals surface area (Å²) < 4.78 is 0. The van der Waals surface area contributed by atoms with E-state index in [1.165, 1.54) is 6.42 Å². The Morgan fingerprint density at radius 1 is 1.33 bits per heavy atom. The van der Waals surface area contributed by atoms with E-state index in [-0.39, 0.29) is 17.5 Å². The van der Waals surface area contributed by atoms with Crippen LogP contribution in [0.3, 0.4) is 0 Å². The number of rotatable bonds is 3. The number of nitrogens with one attached hydrogen (secondary N) is 1. The number of hydrogen-bond donors (Lipinski definition) is 1. The average Bonchev–Trinajstić information content (AvgIpc) is 2.48. The summed E-state index contributed by atoms with van der Waals surface area (Å²) in [7, 11) is 0. The van der Waals surface area contributed by atoms with Gasteiger partial charge in [-0.25, -0.2) is 0 Å². The first-order valence-electron chi connectivity index (χ1n) is 7.60. The number of benzene rings is 1. The van der Waals surface area contributed by atoms with Crippen LogP contribution in [0.15, 0.2) is 29.8 Å². The smallest absolute Gasteiger partial charge is 0.262 e. The molecule has 3 nitrogen and oxygen atoms in total. The predicted molar refractivity (Wildman–Crippen MR) is 84.3 cm³/mol. The fraction of sp³-hybridized carbons (Fsp3) is 0.444. The second-order valence-corrected chi connectivity index (χ2v) is 5.87. The second kappa shape index (κ2) is 7.08. The molecule has 1 saturated carbocycles. The maximum absolute atomic E-state index is 12.3. The van der Waals surface area contributed by atoms with Crippen molar-refractivity contribution in [2.24, 2.45) is 5.92 Å². The van der Waals surface area contributed by atoms with Crippen molar-refractivity contribution in [3.05, 3.63) is 41.0 Å². The van der Waals surface area contributed by atoms with Gasteiger partial charge in [0, 0.05) is 6.04 Å². The summed E-state index contributed by atoms with van der Waals surface area (Å²) in [6.07, 6.45) is 6.22. The maximum atomic E-state index is 12.3. The van der Waals surface area contributed by atoms with Gasteiger partial charge in [0.2, 0.25) is 0 Å². The molecule has 1 aliphatic rings. The first-order valence-corrected chi connectivity index (χ1v) is 7.60. The largest absolute Gasteiger partial charge is 0.348 e. The van der Waals surface area contributed by atoms with E-state index in [0.29, 0.717) is 5.92 Å². The summed E-state index contributed by atoms with van der Waals surface area (Å²) in [6, 6.07) is 9.98. The van der Waals surface area contributed by atoms with Gasteiger partial charge in [-0.15, -0.1) is 0 Å². The molecule has 110 valence electrons. The predicted octanol–water partition coefficient (Wildman–Crippen LogP) is 3.60. The Hall–Kier alpha value is -2.08. The van der Waals surface area contributed by atoms with Crippen LogP contribution >= 0.6 is 0 Å². The summed E-state index contributed by atoms with van der Waals surface area (Å²) >= 11 is 0. The van der Waals surface area contributed by atoms with E-state index >= 15 is 0 Å². The minimum Gasteiger partial charge on any atom is -0.348 e. The van der Waals surface area contributed by atoms with E-state index in [4.69, 9.17) is 0 Å². The Morgan fingerprint density at radius 2 is 2.05 bits per heavy atom. The molecule has 21 heavy (non-hydrogen) atoms. The van der Waals surface area contributed by atoms with Crippen LogP contribution < -0.4 is 5.32 Å². The zero-order chi connectivity index (χ0) is 15.2. The number of nitrogens with zero attached hydrogens (tertiary/aromatic N) is 1. The van der Waals surface area contributed by atoms with E-state index in [0.717, 1.165) is 30.4 Å². The average molecular weight is 282 g/mol. The molecule has 1 aromatic rings. The molecule has 0 aromatic heterocycles.